The molecule has 0 unspecified atom stereocenters. The van der Waals surface area contributed by atoms with Gasteiger partial charge < -0.3 is 4.74 Å². The van der Waals surface area contributed by atoms with E-state index in [1.54, 1.807) is 4.90 Å². The van der Waals surface area contributed by atoms with Gasteiger partial charge in [-0.15, -0.1) is 0 Å². The van der Waals surface area contributed by atoms with Crippen molar-refractivity contribution >= 4 is 11.9 Å². The zero-order chi connectivity index (χ0) is 14.5. The Hall–Kier alpha value is -1.06. The molecule has 1 aliphatic rings. The highest BCUT2D eigenvalue weighted by molar-refractivity contribution is 5.87. The van der Waals surface area contributed by atoms with Gasteiger partial charge in [-0.3, -0.25) is 9.69 Å². The minimum atomic E-state index is -0.513. The van der Waals surface area contributed by atoms with Crippen LogP contribution in [0.3, 0.4) is 0 Å². The monoisotopic (exact) mass is 268 g/mol. The maximum absolute atomic E-state index is 12.1. The van der Waals surface area contributed by atoms with Crippen LogP contribution in [0.4, 0.5) is 4.79 Å². The van der Waals surface area contributed by atoms with Gasteiger partial charge in [-0.05, 0) is 40.0 Å². The third-order valence-electron chi connectivity index (χ3n) is 3.18. The quantitative estimate of drug-likeness (QED) is 0.718. The van der Waals surface area contributed by atoms with Crippen molar-refractivity contribution in [3.05, 3.63) is 6.92 Å². The molecule has 0 bridgehead atoms. The number of carbonyl (C=O) groups is 2. The number of carbonyl (C=O) groups excluding carboxylic acids is 2. The molecule has 0 aromatic rings. The van der Waals surface area contributed by atoms with Gasteiger partial charge in [0.05, 0.1) is 6.04 Å². The van der Waals surface area contributed by atoms with Crippen LogP contribution in [0.2, 0.25) is 0 Å². The normalized spacial score (nSPS) is 19.6. The second kappa shape index (κ2) is 6.92. The molecule has 1 amide bonds. The van der Waals surface area contributed by atoms with E-state index in [2.05, 4.69) is 6.92 Å². The number of nitrogens with zero attached hydrogens (tertiary/aromatic N) is 1. The van der Waals surface area contributed by atoms with Crippen LogP contribution in [-0.4, -0.2) is 35.0 Å². The zero-order valence-corrected chi connectivity index (χ0v) is 12.4. The number of ether oxygens (including phenoxy) is 1. The summed E-state index contributed by atoms with van der Waals surface area (Å²) in [5.41, 5.74) is -0.513. The minimum absolute atomic E-state index is 0.164. The van der Waals surface area contributed by atoms with E-state index in [-0.39, 0.29) is 17.9 Å². The average Bonchev–Trinajstić information content (AvgIpc) is 2.75. The molecule has 0 N–H and O–H groups in total. The van der Waals surface area contributed by atoms with Crippen LogP contribution in [0.1, 0.15) is 59.3 Å². The summed E-state index contributed by atoms with van der Waals surface area (Å²) in [5, 5.41) is 0. The molecule has 1 saturated heterocycles. The van der Waals surface area contributed by atoms with E-state index in [1.165, 1.54) is 0 Å². The van der Waals surface area contributed by atoms with Crippen LogP contribution in [0.15, 0.2) is 0 Å². The highest BCUT2D eigenvalue weighted by Gasteiger charge is 2.35. The molecule has 4 nitrogen and oxygen atoms in total. The highest BCUT2D eigenvalue weighted by Crippen LogP contribution is 2.23. The number of likely N-dealkylation sites (tertiary alicyclic amines) is 1. The van der Waals surface area contributed by atoms with Crippen molar-refractivity contribution in [2.75, 3.05) is 6.54 Å². The Bertz CT molecular complexity index is 320. The molecule has 1 atom stereocenters. The SMILES string of the molecule is [CH2]CCCCC(=O)[C@@H]1CCCN1C(=O)OC(C)(C)C. The van der Waals surface area contributed by atoms with Gasteiger partial charge in [0.25, 0.3) is 0 Å². The zero-order valence-electron chi connectivity index (χ0n) is 12.4. The second-order valence-corrected chi connectivity index (χ2v) is 6.11. The van der Waals surface area contributed by atoms with Crippen molar-refractivity contribution < 1.29 is 14.3 Å². The first kappa shape index (κ1) is 16.0. The predicted molar refractivity (Wildman–Crippen MR) is 74.8 cm³/mol. The molecule has 0 saturated carbocycles. The van der Waals surface area contributed by atoms with Crippen molar-refractivity contribution in [2.45, 2.75) is 70.9 Å². The fourth-order valence-electron chi connectivity index (χ4n) is 2.28. The standard InChI is InChI=1S/C15H26NO3/c1-5-6-7-10-13(17)12-9-8-11-16(12)14(18)19-15(2,3)4/h12H,1,5-11H2,2-4H3/t12-/m0/s1. The smallest absolute Gasteiger partial charge is 0.410 e. The number of rotatable bonds is 5. The van der Waals surface area contributed by atoms with E-state index in [0.717, 1.165) is 32.1 Å². The van der Waals surface area contributed by atoms with Crippen molar-refractivity contribution in [3.8, 4) is 0 Å². The number of ketones is 1. The Morgan fingerprint density at radius 1 is 1.32 bits per heavy atom. The molecule has 0 aromatic heterocycles. The fourth-order valence-corrected chi connectivity index (χ4v) is 2.28. The Balaban J connectivity index is 2.53. The van der Waals surface area contributed by atoms with E-state index in [9.17, 15) is 9.59 Å². The Morgan fingerprint density at radius 3 is 2.58 bits per heavy atom. The van der Waals surface area contributed by atoms with Gasteiger partial charge in [0.2, 0.25) is 0 Å². The molecular formula is C15H26NO3. The van der Waals surface area contributed by atoms with E-state index < -0.39 is 5.60 Å². The number of hydrogen-bond acceptors (Lipinski definition) is 3. The van der Waals surface area contributed by atoms with Crippen LogP contribution < -0.4 is 0 Å². The lowest BCUT2D eigenvalue weighted by atomic mass is 10.0. The molecule has 1 fully saturated rings. The van der Waals surface area contributed by atoms with Gasteiger partial charge in [0.1, 0.15) is 5.60 Å². The van der Waals surface area contributed by atoms with Crippen LogP contribution >= 0.6 is 0 Å². The molecule has 0 aromatic carbocycles. The van der Waals surface area contributed by atoms with Crippen LogP contribution in [-0.2, 0) is 9.53 Å². The number of hydrogen-bond donors (Lipinski definition) is 0. The minimum Gasteiger partial charge on any atom is -0.444 e. The van der Waals surface area contributed by atoms with Crippen LogP contribution in [0, 0.1) is 6.92 Å². The molecule has 0 aliphatic carbocycles. The predicted octanol–water partition coefficient (Wildman–Crippen LogP) is 3.35. The van der Waals surface area contributed by atoms with E-state index >= 15 is 0 Å². The average molecular weight is 268 g/mol. The van der Waals surface area contributed by atoms with Gasteiger partial charge >= 0.3 is 6.09 Å². The Morgan fingerprint density at radius 2 is 2.00 bits per heavy atom. The topological polar surface area (TPSA) is 46.6 Å². The van der Waals surface area contributed by atoms with Crippen molar-refractivity contribution in [2.24, 2.45) is 0 Å². The first-order chi connectivity index (χ1) is 8.85. The second-order valence-electron chi connectivity index (χ2n) is 6.11. The molecule has 0 spiro atoms. The van der Waals surface area contributed by atoms with Gasteiger partial charge in [0, 0.05) is 13.0 Å². The number of amides is 1. The summed E-state index contributed by atoms with van der Waals surface area (Å²) in [6.45, 7) is 9.91. The van der Waals surface area contributed by atoms with Gasteiger partial charge in [-0.1, -0.05) is 19.8 Å². The third kappa shape index (κ3) is 5.21. The maximum Gasteiger partial charge on any atom is 0.410 e. The van der Waals surface area contributed by atoms with E-state index in [0.29, 0.717) is 13.0 Å². The lowest BCUT2D eigenvalue weighted by Gasteiger charge is -2.28. The summed E-state index contributed by atoms with van der Waals surface area (Å²) >= 11 is 0. The highest BCUT2D eigenvalue weighted by atomic mass is 16.6. The van der Waals surface area contributed by atoms with Gasteiger partial charge in [-0.2, -0.15) is 0 Å². The molecule has 1 heterocycles. The molecular weight excluding hydrogens is 242 g/mol. The van der Waals surface area contributed by atoms with E-state index in [4.69, 9.17) is 4.74 Å². The van der Waals surface area contributed by atoms with Crippen molar-refractivity contribution in [1.29, 1.82) is 0 Å². The van der Waals surface area contributed by atoms with E-state index in [1.807, 2.05) is 20.8 Å². The molecule has 19 heavy (non-hydrogen) atoms. The summed E-state index contributed by atoms with van der Waals surface area (Å²) < 4.78 is 5.35. The number of Topliss-reactive ketones (excluding diaryl/α,β-unsaturated/α-hetero) is 1. The summed E-state index contributed by atoms with van der Waals surface area (Å²) in [6.07, 6.45) is 4.51. The first-order valence-corrected chi connectivity index (χ1v) is 7.17. The maximum atomic E-state index is 12.1. The molecule has 4 heteroatoms. The molecule has 1 aliphatic heterocycles. The molecule has 1 radical (unpaired) electrons. The van der Waals surface area contributed by atoms with Gasteiger partial charge in [-0.25, -0.2) is 4.79 Å². The summed E-state index contributed by atoms with van der Waals surface area (Å²) in [5.74, 6) is 0.164. The van der Waals surface area contributed by atoms with Crippen LogP contribution in [0.25, 0.3) is 0 Å². The van der Waals surface area contributed by atoms with Gasteiger partial charge in [0.15, 0.2) is 5.78 Å². The van der Waals surface area contributed by atoms with Crippen LogP contribution in [0.5, 0.6) is 0 Å². The summed E-state index contributed by atoms with van der Waals surface area (Å²) in [6, 6.07) is -0.278. The Labute approximate surface area is 116 Å². The van der Waals surface area contributed by atoms with Crippen molar-refractivity contribution in [1.82, 2.24) is 4.90 Å². The number of unbranched alkanes of at least 4 members (excludes halogenated alkanes) is 2. The summed E-state index contributed by atoms with van der Waals surface area (Å²) in [4.78, 5) is 25.8. The molecule has 1 rings (SSSR count). The Kier molecular flexibility index (Phi) is 5.83. The molecule has 109 valence electrons. The third-order valence-corrected chi connectivity index (χ3v) is 3.18. The summed E-state index contributed by atoms with van der Waals surface area (Å²) in [7, 11) is 0. The largest absolute Gasteiger partial charge is 0.444 e. The fraction of sp³-hybridized carbons (Fsp3) is 0.800. The lowest BCUT2D eigenvalue weighted by molar-refractivity contribution is -0.123. The van der Waals surface area contributed by atoms with Crippen molar-refractivity contribution in [3.63, 3.8) is 0 Å². The first-order valence-electron chi connectivity index (χ1n) is 7.17. The lowest BCUT2D eigenvalue weighted by Crippen LogP contribution is -2.43.